The van der Waals surface area contributed by atoms with E-state index in [0.29, 0.717) is 13.2 Å². The molecule has 0 aliphatic heterocycles. The van der Waals surface area contributed by atoms with Crippen LogP contribution in [0.5, 0.6) is 5.75 Å². The van der Waals surface area contributed by atoms with Crippen LogP contribution in [0, 0.1) is 6.92 Å². The molecule has 0 aliphatic rings. The van der Waals surface area contributed by atoms with E-state index in [9.17, 15) is 4.79 Å². The van der Waals surface area contributed by atoms with Gasteiger partial charge < -0.3 is 15.2 Å². The van der Waals surface area contributed by atoms with Crippen molar-refractivity contribution in [3.63, 3.8) is 0 Å². The van der Waals surface area contributed by atoms with Gasteiger partial charge in [-0.15, -0.1) is 0 Å². The second-order valence-corrected chi connectivity index (χ2v) is 5.36. The molecule has 2 aromatic carbocycles. The molecule has 1 atom stereocenters. The third-order valence-electron chi connectivity index (χ3n) is 3.43. The van der Waals surface area contributed by atoms with Crippen molar-refractivity contribution in [3.05, 3.63) is 65.2 Å². The highest BCUT2D eigenvalue weighted by molar-refractivity contribution is 5.72. The number of hydrogen-bond donors (Lipinski definition) is 2. The Balaban J connectivity index is 1.83. The molecule has 4 nitrogen and oxygen atoms in total. The van der Waals surface area contributed by atoms with Crippen molar-refractivity contribution in [1.29, 1.82) is 0 Å². The Morgan fingerprint density at radius 1 is 1.09 bits per heavy atom. The van der Waals surface area contributed by atoms with Crippen LogP contribution in [0.15, 0.2) is 48.5 Å². The summed E-state index contributed by atoms with van der Waals surface area (Å²) in [5, 5.41) is 11.8. The van der Waals surface area contributed by atoms with Crippen LogP contribution >= 0.6 is 0 Å². The zero-order valence-corrected chi connectivity index (χ0v) is 12.9. The molecule has 2 N–H and O–H groups in total. The average molecular weight is 299 g/mol. The number of benzene rings is 2. The molecule has 0 aliphatic carbocycles. The number of carbonyl (C=O) groups is 1. The third-order valence-corrected chi connectivity index (χ3v) is 3.43. The van der Waals surface area contributed by atoms with E-state index in [1.54, 1.807) is 6.92 Å². The molecule has 0 radical (unpaired) electrons. The molecular weight excluding hydrogens is 278 g/mol. The van der Waals surface area contributed by atoms with Crippen molar-refractivity contribution in [1.82, 2.24) is 5.32 Å². The van der Waals surface area contributed by atoms with Crippen LogP contribution in [0.25, 0.3) is 0 Å². The number of rotatable bonds is 7. The minimum atomic E-state index is -0.849. The molecule has 0 aromatic heterocycles. The number of aliphatic carboxylic acids is 1. The van der Waals surface area contributed by atoms with E-state index < -0.39 is 12.0 Å². The summed E-state index contributed by atoms with van der Waals surface area (Å²) >= 11 is 0. The molecule has 1 unspecified atom stereocenters. The highest BCUT2D eigenvalue weighted by Gasteiger charge is 2.09. The number of carboxylic acid groups (broad SMARTS) is 1. The molecule has 0 heterocycles. The molecular formula is C18H21NO3. The fourth-order valence-corrected chi connectivity index (χ4v) is 1.91. The van der Waals surface area contributed by atoms with E-state index in [1.807, 2.05) is 24.3 Å². The lowest BCUT2D eigenvalue weighted by Gasteiger charge is -2.10. The van der Waals surface area contributed by atoms with Gasteiger partial charge in [-0.1, -0.05) is 42.0 Å². The van der Waals surface area contributed by atoms with E-state index in [2.05, 4.69) is 36.5 Å². The topological polar surface area (TPSA) is 58.6 Å². The van der Waals surface area contributed by atoms with Gasteiger partial charge in [0.2, 0.25) is 0 Å². The van der Waals surface area contributed by atoms with Gasteiger partial charge in [-0.25, -0.2) is 0 Å². The predicted molar refractivity (Wildman–Crippen MR) is 85.9 cm³/mol. The van der Waals surface area contributed by atoms with Crippen molar-refractivity contribution in [2.45, 2.75) is 33.0 Å². The zero-order chi connectivity index (χ0) is 15.9. The van der Waals surface area contributed by atoms with Crippen LogP contribution < -0.4 is 10.1 Å². The van der Waals surface area contributed by atoms with Gasteiger partial charge in [-0.3, -0.25) is 4.79 Å². The van der Waals surface area contributed by atoms with Crippen molar-refractivity contribution in [2.24, 2.45) is 0 Å². The van der Waals surface area contributed by atoms with Gasteiger partial charge in [0.25, 0.3) is 0 Å². The third kappa shape index (κ3) is 4.90. The summed E-state index contributed by atoms with van der Waals surface area (Å²) < 4.78 is 5.74. The number of aryl methyl sites for hydroxylation is 1. The molecule has 116 valence electrons. The molecule has 4 heteroatoms. The van der Waals surface area contributed by atoms with Gasteiger partial charge in [0.05, 0.1) is 0 Å². The monoisotopic (exact) mass is 299 g/mol. The summed E-state index contributed by atoms with van der Waals surface area (Å²) in [7, 11) is 0. The Labute approximate surface area is 130 Å². The Morgan fingerprint density at radius 3 is 2.27 bits per heavy atom. The maximum Gasteiger partial charge on any atom is 0.320 e. The fourth-order valence-electron chi connectivity index (χ4n) is 1.91. The van der Waals surface area contributed by atoms with E-state index in [-0.39, 0.29) is 0 Å². The van der Waals surface area contributed by atoms with E-state index in [0.717, 1.165) is 16.9 Å². The molecule has 2 aromatic rings. The van der Waals surface area contributed by atoms with Crippen LogP contribution in [0.3, 0.4) is 0 Å². The predicted octanol–water partition coefficient (Wildman–Crippen LogP) is 3.14. The summed E-state index contributed by atoms with van der Waals surface area (Å²) in [6.07, 6.45) is 0. The smallest absolute Gasteiger partial charge is 0.320 e. The van der Waals surface area contributed by atoms with Gasteiger partial charge in [0.15, 0.2) is 0 Å². The average Bonchev–Trinajstić information content (AvgIpc) is 2.53. The molecule has 0 saturated heterocycles. The van der Waals surface area contributed by atoms with Crippen LogP contribution in [0.2, 0.25) is 0 Å². The lowest BCUT2D eigenvalue weighted by atomic mass is 10.2. The Hall–Kier alpha value is -2.33. The molecule has 0 saturated carbocycles. The maximum absolute atomic E-state index is 10.7. The lowest BCUT2D eigenvalue weighted by Crippen LogP contribution is -2.33. The standard InChI is InChI=1S/C18H21NO3/c1-13-3-5-16(6-4-13)12-22-17-9-7-15(8-10-17)11-19-14(2)18(20)21/h3-10,14,19H,11-12H2,1-2H3,(H,20,21). The van der Waals surface area contributed by atoms with Crippen LogP contribution in [-0.4, -0.2) is 17.1 Å². The highest BCUT2D eigenvalue weighted by Crippen LogP contribution is 2.14. The second kappa shape index (κ2) is 7.61. The van der Waals surface area contributed by atoms with Gasteiger partial charge in [-0.05, 0) is 37.1 Å². The molecule has 22 heavy (non-hydrogen) atoms. The van der Waals surface area contributed by atoms with Gasteiger partial charge in [0.1, 0.15) is 18.4 Å². The highest BCUT2D eigenvalue weighted by atomic mass is 16.5. The number of ether oxygens (including phenoxy) is 1. The van der Waals surface area contributed by atoms with Gasteiger partial charge in [-0.2, -0.15) is 0 Å². The van der Waals surface area contributed by atoms with Crippen molar-refractivity contribution in [2.75, 3.05) is 0 Å². The van der Waals surface area contributed by atoms with E-state index in [1.165, 1.54) is 5.56 Å². The van der Waals surface area contributed by atoms with E-state index >= 15 is 0 Å². The molecule has 2 rings (SSSR count). The Bertz CT molecular complexity index is 605. The normalized spacial score (nSPS) is 11.9. The summed E-state index contributed by atoms with van der Waals surface area (Å²) in [5.74, 6) is -0.0475. The Kier molecular flexibility index (Phi) is 5.55. The van der Waals surface area contributed by atoms with Crippen molar-refractivity contribution < 1.29 is 14.6 Å². The first-order valence-corrected chi connectivity index (χ1v) is 7.28. The summed E-state index contributed by atoms with van der Waals surface area (Å²) in [5.41, 5.74) is 3.39. The summed E-state index contributed by atoms with van der Waals surface area (Å²) in [6.45, 7) is 4.74. The van der Waals surface area contributed by atoms with Crippen molar-refractivity contribution >= 4 is 5.97 Å². The van der Waals surface area contributed by atoms with Gasteiger partial charge >= 0.3 is 5.97 Å². The molecule has 0 bridgehead atoms. The largest absolute Gasteiger partial charge is 0.489 e. The minimum absolute atomic E-state index is 0.520. The fraction of sp³-hybridized carbons (Fsp3) is 0.278. The van der Waals surface area contributed by atoms with Crippen molar-refractivity contribution in [3.8, 4) is 5.75 Å². The maximum atomic E-state index is 10.7. The zero-order valence-electron chi connectivity index (χ0n) is 12.9. The minimum Gasteiger partial charge on any atom is -0.489 e. The van der Waals surface area contributed by atoms with Gasteiger partial charge in [0, 0.05) is 6.54 Å². The molecule has 0 spiro atoms. The quantitative estimate of drug-likeness (QED) is 0.824. The number of hydrogen-bond acceptors (Lipinski definition) is 3. The van der Waals surface area contributed by atoms with Crippen LogP contribution in [0.1, 0.15) is 23.6 Å². The summed E-state index contributed by atoms with van der Waals surface area (Å²) in [6, 6.07) is 15.4. The number of nitrogens with one attached hydrogen (secondary N) is 1. The second-order valence-electron chi connectivity index (χ2n) is 5.36. The SMILES string of the molecule is Cc1ccc(COc2ccc(CNC(C)C(=O)O)cc2)cc1. The summed E-state index contributed by atoms with van der Waals surface area (Å²) in [4.78, 5) is 10.7. The number of carboxylic acids is 1. The first-order valence-electron chi connectivity index (χ1n) is 7.28. The first-order chi connectivity index (χ1) is 10.5. The van der Waals surface area contributed by atoms with E-state index in [4.69, 9.17) is 9.84 Å². The first kappa shape index (κ1) is 16.0. The van der Waals surface area contributed by atoms with Crippen LogP contribution in [-0.2, 0) is 17.9 Å². The molecule has 0 fully saturated rings. The Morgan fingerprint density at radius 2 is 1.68 bits per heavy atom. The lowest BCUT2D eigenvalue weighted by molar-refractivity contribution is -0.139. The molecule has 0 amide bonds. The van der Waals surface area contributed by atoms with Crippen LogP contribution in [0.4, 0.5) is 0 Å².